The summed E-state index contributed by atoms with van der Waals surface area (Å²) in [5.41, 5.74) is 2.42. The first-order chi connectivity index (χ1) is 13.3. The van der Waals surface area contributed by atoms with Crippen LogP contribution in [0.15, 0.2) is 54.6 Å². The number of carbonyl (C=O) groups is 1. The van der Waals surface area contributed by atoms with Gasteiger partial charge in [0, 0.05) is 32.6 Å². The van der Waals surface area contributed by atoms with Crippen LogP contribution in [0, 0.1) is 0 Å². The van der Waals surface area contributed by atoms with E-state index in [0.29, 0.717) is 26.0 Å². The average molecular weight is 368 g/mol. The molecule has 5 nitrogen and oxygen atoms in total. The zero-order valence-corrected chi connectivity index (χ0v) is 15.7. The summed E-state index contributed by atoms with van der Waals surface area (Å²) in [4.78, 5) is 14.4. The fourth-order valence-corrected chi connectivity index (χ4v) is 3.01. The molecule has 1 fully saturated rings. The Labute approximate surface area is 161 Å². The van der Waals surface area contributed by atoms with E-state index in [0.717, 1.165) is 44.2 Å². The van der Waals surface area contributed by atoms with Crippen molar-refractivity contribution in [2.24, 2.45) is 0 Å². The van der Waals surface area contributed by atoms with Gasteiger partial charge in [-0.05, 0) is 29.7 Å². The smallest absolute Gasteiger partial charge is 0.220 e. The van der Waals surface area contributed by atoms with Gasteiger partial charge < -0.3 is 14.8 Å². The Morgan fingerprint density at radius 2 is 1.70 bits per heavy atom. The van der Waals surface area contributed by atoms with Gasteiger partial charge in [-0.15, -0.1) is 0 Å². The summed E-state index contributed by atoms with van der Waals surface area (Å²) in [7, 11) is 0. The molecule has 27 heavy (non-hydrogen) atoms. The third kappa shape index (κ3) is 7.04. The van der Waals surface area contributed by atoms with Crippen molar-refractivity contribution < 1.29 is 14.3 Å². The Balaban J connectivity index is 1.31. The molecule has 0 spiro atoms. The molecule has 5 heteroatoms. The normalized spacial score (nSPS) is 14.7. The number of amides is 1. The molecular weight excluding hydrogens is 340 g/mol. The molecule has 144 valence electrons. The Bertz CT molecular complexity index is 682. The number of hydrogen-bond donors (Lipinski definition) is 1. The van der Waals surface area contributed by atoms with Crippen molar-refractivity contribution in [3.63, 3.8) is 0 Å². The fourth-order valence-electron chi connectivity index (χ4n) is 3.01. The van der Waals surface area contributed by atoms with Crippen molar-refractivity contribution in [2.45, 2.75) is 25.9 Å². The molecule has 2 aromatic carbocycles. The molecule has 0 aliphatic carbocycles. The van der Waals surface area contributed by atoms with E-state index in [9.17, 15) is 4.79 Å². The lowest BCUT2D eigenvalue weighted by Gasteiger charge is -2.26. The molecular formula is C22H28N2O3. The quantitative estimate of drug-likeness (QED) is 0.692. The van der Waals surface area contributed by atoms with Gasteiger partial charge in [0.15, 0.2) is 0 Å². The van der Waals surface area contributed by atoms with Crippen molar-refractivity contribution in [1.29, 1.82) is 0 Å². The van der Waals surface area contributed by atoms with Crippen LogP contribution in [0.4, 0.5) is 0 Å². The maximum atomic E-state index is 12.0. The van der Waals surface area contributed by atoms with Crippen LogP contribution in [0.5, 0.6) is 5.75 Å². The minimum atomic E-state index is 0.0593. The fraction of sp³-hybridized carbons (Fsp3) is 0.409. The number of nitrogens with one attached hydrogen (secondary N) is 1. The lowest BCUT2D eigenvalue weighted by atomic mass is 10.1. The van der Waals surface area contributed by atoms with Crippen molar-refractivity contribution >= 4 is 5.91 Å². The first-order valence-electron chi connectivity index (χ1n) is 9.62. The number of carbonyl (C=O) groups excluding carboxylic acids is 1. The van der Waals surface area contributed by atoms with Crippen molar-refractivity contribution in [3.05, 3.63) is 65.7 Å². The lowest BCUT2D eigenvalue weighted by molar-refractivity contribution is -0.121. The minimum absolute atomic E-state index is 0.0593. The van der Waals surface area contributed by atoms with E-state index in [1.54, 1.807) is 0 Å². The second kappa shape index (κ2) is 10.7. The summed E-state index contributed by atoms with van der Waals surface area (Å²) in [5.74, 6) is 0.902. The van der Waals surface area contributed by atoms with Gasteiger partial charge in [-0.2, -0.15) is 0 Å². The Hall–Kier alpha value is -2.37. The Morgan fingerprint density at radius 1 is 1.00 bits per heavy atom. The first kappa shape index (κ1) is 19.4. The van der Waals surface area contributed by atoms with Crippen molar-refractivity contribution in [3.8, 4) is 5.75 Å². The highest BCUT2D eigenvalue weighted by Crippen LogP contribution is 2.10. The largest absolute Gasteiger partial charge is 0.494 e. The zero-order valence-electron chi connectivity index (χ0n) is 15.7. The van der Waals surface area contributed by atoms with Gasteiger partial charge in [-0.25, -0.2) is 0 Å². The highest BCUT2D eigenvalue weighted by molar-refractivity contribution is 5.75. The van der Waals surface area contributed by atoms with Crippen LogP contribution >= 0.6 is 0 Å². The third-order valence-corrected chi connectivity index (χ3v) is 4.58. The minimum Gasteiger partial charge on any atom is -0.494 e. The standard InChI is InChI=1S/C22H28N2O3/c25-22(7-4-14-27-21-5-2-1-3-6-21)23-17-19-8-10-20(11-9-19)18-24-12-15-26-16-13-24/h1-3,5-6,8-11H,4,7,12-18H2,(H,23,25). The summed E-state index contributed by atoms with van der Waals surface area (Å²) in [6.45, 7) is 5.69. The topological polar surface area (TPSA) is 50.8 Å². The average Bonchev–Trinajstić information content (AvgIpc) is 2.72. The summed E-state index contributed by atoms with van der Waals surface area (Å²) in [6, 6.07) is 18.1. The SMILES string of the molecule is O=C(CCCOc1ccccc1)NCc1ccc(CN2CCOCC2)cc1. The van der Waals surface area contributed by atoms with E-state index in [-0.39, 0.29) is 5.91 Å². The molecule has 1 saturated heterocycles. The van der Waals surface area contributed by atoms with Gasteiger partial charge in [-0.1, -0.05) is 42.5 Å². The summed E-state index contributed by atoms with van der Waals surface area (Å²) >= 11 is 0. The number of morpholine rings is 1. The monoisotopic (exact) mass is 368 g/mol. The molecule has 0 atom stereocenters. The molecule has 0 saturated carbocycles. The predicted molar refractivity (Wildman–Crippen MR) is 106 cm³/mol. The van der Waals surface area contributed by atoms with Gasteiger partial charge in [0.05, 0.1) is 19.8 Å². The Kier molecular flexibility index (Phi) is 7.69. The number of rotatable bonds is 9. The maximum absolute atomic E-state index is 12.0. The van der Waals surface area contributed by atoms with E-state index in [4.69, 9.17) is 9.47 Å². The lowest BCUT2D eigenvalue weighted by Crippen LogP contribution is -2.35. The molecule has 1 N–H and O–H groups in total. The van der Waals surface area contributed by atoms with Gasteiger partial charge in [0.2, 0.25) is 5.91 Å². The molecule has 2 aromatic rings. The second-order valence-electron chi connectivity index (χ2n) is 6.75. The number of nitrogens with zero attached hydrogens (tertiary/aromatic N) is 1. The number of hydrogen-bond acceptors (Lipinski definition) is 4. The maximum Gasteiger partial charge on any atom is 0.220 e. The second-order valence-corrected chi connectivity index (χ2v) is 6.75. The van der Waals surface area contributed by atoms with Crippen LogP contribution in [0.2, 0.25) is 0 Å². The molecule has 1 aliphatic rings. The molecule has 1 heterocycles. The van der Waals surface area contributed by atoms with E-state index >= 15 is 0 Å². The molecule has 0 unspecified atom stereocenters. The molecule has 0 bridgehead atoms. The van der Waals surface area contributed by atoms with Crippen LogP contribution in [0.1, 0.15) is 24.0 Å². The summed E-state index contributed by atoms with van der Waals surface area (Å²) in [5, 5.41) is 2.98. The number of ether oxygens (including phenoxy) is 2. The van der Waals surface area contributed by atoms with E-state index in [1.807, 2.05) is 30.3 Å². The molecule has 3 rings (SSSR count). The third-order valence-electron chi connectivity index (χ3n) is 4.58. The number of para-hydroxylation sites is 1. The molecule has 1 amide bonds. The summed E-state index contributed by atoms with van der Waals surface area (Å²) < 4.78 is 11.0. The predicted octanol–water partition coefficient (Wildman–Crippen LogP) is 2.99. The van der Waals surface area contributed by atoms with Crippen molar-refractivity contribution in [1.82, 2.24) is 10.2 Å². The molecule has 1 aliphatic heterocycles. The highest BCUT2D eigenvalue weighted by atomic mass is 16.5. The van der Waals surface area contributed by atoms with E-state index < -0.39 is 0 Å². The number of benzene rings is 2. The van der Waals surface area contributed by atoms with Crippen LogP contribution in [-0.2, 0) is 22.6 Å². The van der Waals surface area contributed by atoms with Crippen LogP contribution in [-0.4, -0.2) is 43.7 Å². The molecule has 0 radical (unpaired) electrons. The van der Waals surface area contributed by atoms with E-state index in [2.05, 4.69) is 34.5 Å². The zero-order chi connectivity index (χ0) is 18.7. The van der Waals surface area contributed by atoms with E-state index in [1.165, 1.54) is 5.56 Å². The first-order valence-corrected chi connectivity index (χ1v) is 9.62. The van der Waals surface area contributed by atoms with Gasteiger partial charge >= 0.3 is 0 Å². The van der Waals surface area contributed by atoms with Crippen LogP contribution < -0.4 is 10.1 Å². The highest BCUT2D eigenvalue weighted by Gasteiger charge is 2.10. The Morgan fingerprint density at radius 3 is 2.44 bits per heavy atom. The van der Waals surface area contributed by atoms with Gasteiger partial charge in [-0.3, -0.25) is 9.69 Å². The summed E-state index contributed by atoms with van der Waals surface area (Å²) in [6.07, 6.45) is 1.18. The van der Waals surface area contributed by atoms with Crippen LogP contribution in [0.3, 0.4) is 0 Å². The van der Waals surface area contributed by atoms with Crippen molar-refractivity contribution in [2.75, 3.05) is 32.9 Å². The van der Waals surface area contributed by atoms with Gasteiger partial charge in [0.25, 0.3) is 0 Å². The van der Waals surface area contributed by atoms with Crippen LogP contribution in [0.25, 0.3) is 0 Å². The molecule has 0 aromatic heterocycles. The van der Waals surface area contributed by atoms with Gasteiger partial charge in [0.1, 0.15) is 5.75 Å².